The number of hydrogen-bond donors (Lipinski definition) is 4. The molecule has 3 saturated carbocycles. The number of allylic oxidation sites excluding steroid dienone is 1. The monoisotopic (exact) mass is 585 g/mol. The number of aromatic nitrogens is 2. The van der Waals surface area contributed by atoms with E-state index in [0.29, 0.717) is 36.8 Å². The number of aliphatic imine (C=N–C) groups is 1. The number of aromatic amines is 1. The van der Waals surface area contributed by atoms with E-state index >= 15 is 0 Å². The molecule has 5 N–H and O–H groups in total. The minimum atomic E-state index is -0.789. The molecule has 230 valence electrons. The lowest BCUT2D eigenvalue weighted by Crippen LogP contribution is -2.65. The Labute approximate surface area is 247 Å². The molecule has 4 aliphatic rings. The molecule has 5 rings (SSSR count). The van der Waals surface area contributed by atoms with Crippen molar-refractivity contribution < 1.29 is 23.9 Å². The number of carbonyl (C=O) groups is 2. The summed E-state index contributed by atoms with van der Waals surface area (Å²) in [7, 11) is -0.573. The zero-order chi connectivity index (χ0) is 30.7. The van der Waals surface area contributed by atoms with Gasteiger partial charge in [-0.25, -0.2) is 20.1 Å². The van der Waals surface area contributed by atoms with Gasteiger partial charge in [-0.05, 0) is 74.3 Å². The first kappa shape index (κ1) is 31.7. The number of guanidine groups is 1. The summed E-state index contributed by atoms with van der Waals surface area (Å²) in [6, 6.07) is 0. The van der Waals surface area contributed by atoms with Crippen LogP contribution in [0.25, 0.3) is 6.08 Å². The van der Waals surface area contributed by atoms with Gasteiger partial charge in [-0.3, -0.25) is 9.59 Å². The van der Waals surface area contributed by atoms with Crippen molar-refractivity contribution in [2.75, 3.05) is 6.54 Å². The molecule has 42 heavy (non-hydrogen) atoms. The zero-order valence-electron chi connectivity index (χ0n) is 25.2. The van der Waals surface area contributed by atoms with Crippen LogP contribution in [0.15, 0.2) is 23.6 Å². The van der Waals surface area contributed by atoms with E-state index in [0.717, 1.165) is 12.8 Å². The molecule has 0 aromatic carbocycles. The van der Waals surface area contributed by atoms with Gasteiger partial charge in [-0.15, -0.1) is 0 Å². The molecule has 13 nitrogen and oxygen atoms in total. The van der Waals surface area contributed by atoms with Gasteiger partial charge >= 0.3 is 7.12 Å². The van der Waals surface area contributed by atoms with E-state index in [9.17, 15) is 19.7 Å². The molecule has 0 unspecified atom stereocenters. The molecule has 1 saturated heterocycles. The molecule has 4 fully saturated rings. The summed E-state index contributed by atoms with van der Waals surface area (Å²) in [6.45, 7) is 11.1. The van der Waals surface area contributed by atoms with E-state index in [1.54, 1.807) is 17.7 Å². The number of nitro groups is 1. The number of nitrogens with two attached hydrogens (primary N) is 1. The third-order valence-electron chi connectivity index (χ3n) is 9.34. The second-order valence-electron chi connectivity index (χ2n) is 13.1. The Morgan fingerprint density at radius 2 is 2.12 bits per heavy atom. The smallest absolute Gasteiger partial charge is 0.404 e. The Morgan fingerprint density at radius 3 is 2.76 bits per heavy atom. The third kappa shape index (κ3) is 7.20. The van der Waals surface area contributed by atoms with Crippen LogP contribution in [0.3, 0.4) is 0 Å². The van der Waals surface area contributed by atoms with Gasteiger partial charge in [0.2, 0.25) is 5.91 Å². The molecule has 0 radical (unpaired) electrons. The summed E-state index contributed by atoms with van der Waals surface area (Å²) in [5, 5.41) is 12.9. The fourth-order valence-electron chi connectivity index (χ4n) is 6.96. The van der Waals surface area contributed by atoms with Crippen LogP contribution in [0.5, 0.6) is 0 Å². The fourth-order valence-corrected chi connectivity index (χ4v) is 6.96. The number of hydrogen-bond acceptors (Lipinski definition) is 8. The number of imidazole rings is 1. The zero-order valence-corrected chi connectivity index (χ0v) is 25.2. The normalized spacial score (nSPS) is 27.8. The predicted octanol–water partition coefficient (Wildman–Crippen LogP) is 2.67. The van der Waals surface area contributed by atoms with Crippen molar-refractivity contribution in [3.63, 3.8) is 0 Å². The molecule has 1 aromatic heterocycles. The van der Waals surface area contributed by atoms with Crippen molar-refractivity contribution in [1.82, 2.24) is 20.7 Å². The number of rotatable bonds is 14. The Hall–Kier alpha value is -3.26. The number of H-pyrrole nitrogens is 1. The van der Waals surface area contributed by atoms with E-state index in [-0.39, 0.29) is 54.0 Å². The van der Waals surface area contributed by atoms with Crippen LogP contribution in [0.2, 0.25) is 0 Å². The highest BCUT2D eigenvalue weighted by Gasteiger charge is 2.68. The summed E-state index contributed by atoms with van der Waals surface area (Å²) in [4.78, 5) is 47.9. The Bertz CT molecular complexity index is 1190. The van der Waals surface area contributed by atoms with Gasteiger partial charge in [-0.2, -0.15) is 0 Å². The standard InChI is InChI=1S/C28H44BN7O6/c1-17(2)11-24(29-41-23-14-19-13-22(27(19,3)4)28(23,5)42-29)34-25(38)18(7-6-10-32-26(30)35-36(39)40)12-21(37)9-8-20-15-31-16-33-20/h8-9,15-19,22-24H,6-7,10-14H2,1-5H3,(H,31,33)(H,34,38)(H3,30,32,35)/b9-8+/t18-,19-,22-,23-,24+,28+/m1/s1. The van der Waals surface area contributed by atoms with Crippen LogP contribution in [0, 0.1) is 39.2 Å². The summed E-state index contributed by atoms with van der Waals surface area (Å²) in [5.41, 5.74) is 7.79. The highest BCUT2D eigenvalue weighted by atomic mass is 16.7. The maximum atomic E-state index is 13.7. The minimum Gasteiger partial charge on any atom is -0.404 e. The summed E-state index contributed by atoms with van der Waals surface area (Å²) >= 11 is 0. The third-order valence-corrected chi connectivity index (χ3v) is 9.34. The number of nitrogens with zero attached hydrogens (tertiary/aromatic N) is 3. The second-order valence-corrected chi connectivity index (χ2v) is 13.1. The fraction of sp³-hybridized carbons (Fsp3) is 0.714. The quantitative estimate of drug-likeness (QED) is 0.0484. The van der Waals surface area contributed by atoms with E-state index in [2.05, 4.69) is 54.9 Å². The average molecular weight is 586 g/mol. The number of amides is 1. The highest BCUT2D eigenvalue weighted by molar-refractivity contribution is 6.47. The Balaban J connectivity index is 1.44. The molecular formula is C28H44BN7O6. The molecule has 14 heteroatoms. The number of carbonyl (C=O) groups excluding carboxylic acids is 2. The number of nitrogens with one attached hydrogen (secondary N) is 3. The predicted molar refractivity (Wildman–Crippen MR) is 158 cm³/mol. The summed E-state index contributed by atoms with van der Waals surface area (Å²) in [5.74, 6) is -0.531. The van der Waals surface area contributed by atoms with Crippen molar-refractivity contribution in [2.45, 2.75) is 90.8 Å². The van der Waals surface area contributed by atoms with Crippen LogP contribution in [-0.2, 0) is 18.9 Å². The van der Waals surface area contributed by atoms with Crippen molar-refractivity contribution in [3.8, 4) is 0 Å². The largest absolute Gasteiger partial charge is 0.481 e. The topological polar surface area (TPSA) is 187 Å². The molecule has 2 heterocycles. The van der Waals surface area contributed by atoms with Crippen LogP contribution in [0.4, 0.5) is 0 Å². The van der Waals surface area contributed by atoms with Gasteiger partial charge < -0.3 is 25.3 Å². The average Bonchev–Trinajstić information content (AvgIpc) is 3.55. The van der Waals surface area contributed by atoms with E-state index in [1.165, 1.54) is 12.4 Å². The first-order valence-corrected chi connectivity index (χ1v) is 14.8. The van der Waals surface area contributed by atoms with E-state index in [4.69, 9.17) is 15.0 Å². The molecule has 2 bridgehead atoms. The molecule has 6 atom stereocenters. The molecular weight excluding hydrogens is 541 g/mol. The van der Waals surface area contributed by atoms with Gasteiger partial charge in [0.05, 0.1) is 35.9 Å². The van der Waals surface area contributed by atoms with Crippen molar-refractivity contribution in [1.29, 1.82) is 0 Å². The van der Waals surface area contributed by atoms with Crippen LogP contribution < -0.4 is 16.5 Å². The van der Waals surface area contributed by atoms with Crippen LogP contribution in [0.1, 0.15) is 78.8 Å². The second kappa shape index (κ2) is 12.9. The molecule has 3 aliphatic carbocycles. The Kier molecular flexibility index (Phi) is 9.76. The first-order chi connectivity index (χ1) is 19.8. The SMILES string of the molecule is CC(C)C[C@H](NC(=O)[C@H](CCCN=C(N)N[N+](=O)[O-])CC(=O)/C=C/c1cnc[nH]1)B1O[C@@H]2C[C@H]3C[C@H](C3(C)C)[C@]2(C)O1. The van der Waals surface area contributed by atoms with Crippen molar-refractivity contribution >= 4 is 30.8 Å². The Morgan fingerprint density at radius 1 is 1.36 bits per heavy atom. The van der Waals surface area contributed by atoms with Crippen LogP contribution in [-0.4, -0.2) is 64.0 Å². The van der Waals surface area contributed by atoms with Crippen molar-refractivity contribution in [2.24, 2.45) is 39.8 Å². The lowest BCUT2D eigenvalue weighted by molar-refractivity contribution is -0.525. The number of hydrazine groups is 1. The molecule has 1 aromatic rings. The van der Waals surface area contributed by atoms with Crippen LogP contribution >= 0.6 is 0 Å². The van der Waals surface area contributed by atoms with Gasteiger partial charge in [0.15, 0.2) is 10.8 Å². The summed E-state index contributed by atoms with van der Waals surface area (Å²) < 4.78 is 13.2. The van der Waals surface area contributed by atoms with Gasteiger partial charge in [0.25, 0.3) is 5.96 Å². The first-order valence-electron chi connectivity index (χ1n) is 14.8. The maximum Gasteiger partial charge on any atom is 0.481 e. The molecule has 0 spiro atoms. The maximum absolute atomic E-state index is 13.7. The van der Waals surface area contributed by atoms with Gasteiger partial charge in [-0.1, -0.05) is 33.1 Å². The summed E-state index contributed by atoms with van der Waals surface area (Å²) in [6.07, 6.45) is 9.63. The minimum absolute atomic E-state index is 0.00747. The highest BCUT2D eigenvalue weighted by Crippen LogP contribution is 2.65. The lowest BCUT2D eigenvalue weighted by atomic mass is 9.43. The van der Waals surface area contributed by atoms with Crippen molar-refractivity contribution in [3.05, 3.63) is 34.4 Å². The molecule has 1 amide bonds. The number of ketones is 1. The van der Waals surface area contributed by atoms with Gasteiger partial charge in [0.1, 0.15) is 0 Å². The molecule has 1 aliphatic heterocycles. The van der Waals surface area contributed by atoms with Gasteiger partial charge in [0, 0.05) is 18.9 Å². The lowest BCUT2D eigenvalue weighted by Gasteiger charge is -2.64. The van der Waals surface area contributed by atoms with E-state index in [1.807, 2.05) is 0 Å². The van der Waals surface area contributed by atoms with E-state index < -0.39 is 23.7 Å².